The van der Waals surface area contributed by atoms with Gasteiger partial charge in [-0.05, 0) is 35.8 Å². The summed E-state index contributed by atoms with van der Waals surface area (Å²) < 4.78 is 7.97. The Kier molecular flexibility index (Phi) is 5.86. The molecule has 0 fully saturated rings. The number of nitrogens with one attached hydrogen (secondary N) is 1. The van der Waals surface area contributed by atoms with Crippen molar-refractivity contribution in [2.75, 3.05) is 13.2 Å². The first kappa shape index (κ1) is 19.1. The zero-order valence-corrected chi connectivity index (χ0v) is 16.7. The van der Waals surface area contributed by atoms with Crippen molar-refractivity contribution >= 4 is 23.3 Å². The number of thiazole rings is 1. The number of hydrogen-bond acceptors (Lipinski definition) is 5. The number of nitrogens with zero attached hydrogens (tertiary/aromatic N) is 2. The molecule has 1 aliphatic rings. The molecule has 4 rings (SSSR count). The molecule has 0 radical (unpaired) electrons. The van der Waals surface area contributed by atoms with Crippen molar-refractivity contribution in [1.29, 1.82) is 0 Å². The van der Waals surface area contributed by atoms with Crippen molar-refractivity contribution in [1.82, 2.24) is 9.88 Å². The number of fused-ring (bicyclic) bond motifs is 1. The number of benzene rings is 2. The fourth-order valence-electron chi connectivity index (χ4n) is 3.03. The monoisotopic (exact) mass is 407 g/mol. The molecule has 0 bridgehead atoms. The van der Waals surface area contributed by atoms with Crippen molar-refractivity contribution in [2.45, 2.75) is 19.5 Å². The molecule has 0 atom stereocenters. The van der Waals surface area contributed by atoms with Gasteiger partial charge in [0.1, 0.15) is 5.75 Å². The number of amides is 1. The summed E-state index contributed by atoms with van der Waals surface area (Å²) in [6.45, 7) is 1.95. The topological polar surface area (TPSA) is 72.7 Å². The van der Waals surface area contributed by atoms with Gasteiger partial charge in [0.2, 0.25) is 0 Å². The van der Waals surface area contributed by atoms with Gasteiger partial charge >= 0.3 is 0 Å². The Morgan fingerprint density at radius 3 is 2.72 bits per heavy atom. The first-order valence-electron chi connectivity index (χ1n) is 9.48. The Balaban J connectivity index is 1.35. The van der Waals surface area contributed by atoms with Gasteiger partial charge in [-0.15, -0.1) is 0 Å². The van der Waals surface area contributed by atoms with Crippen LogP contribution in [0.1, 0.15) is 17.5 Å². The van der Waals surface area contributed by atoms with E-state index >= 15 is 0 Å². The molecule has 7 heteroatoms. The summed E-state index contributed by atoms with van der Waals surface area (Å²) in [5.41, 5.74) is 1.96. The third-order valence-electron chi connectivity index (χ3n) is 4.56. The fourth-order valence-corrected chi connectivity index (χ4v) is 4.06. The van der Waals surface area contributed by atoms with E-state index in [1.807, 2.05) is 48.5 Å². The smallest absolute Gasteiger partial charge is 0.270 e. The molecule has 1 aromatic heterocycles. The van der Waals surface area contributed by atoms with Crippen LogP contribution in [0, 0.1) is 0 Å². The van der Waals surface area contributed by atoms with Crippen molar-refractivity contribution < 1.29 is 9.53 Å². The molecule has 29 heavy (non-hydrogen) atoms. The van der Waals surface area contributed by atoms with Gasteiger partial charge in [-0.3, -0.25) is 19.1 Å². The van der Waals surface area contributed by atoms with Crippen LogP contribution in [0.15, 0.2) is 64.4 Å². The molecule has 1 amide bonds. The van der Waals surface area contributed by atoms with Crippen LogP contribution in [0.25, 0.3) is 6.08 Å². The minimum absolute atomic E-state index is 0.0175. The molecule has 1 aliphatic heterocycles. The second kappa shape index (κ2) is 8.87. The molecule has 1 N–H and O–H groups in total. The highest BCUT2D eigenvalue weighted by molar-refractivity contribution is 7.07. The normalized spacial score (nSPS) is 13.4. The number of aromatic nitrogens is 1. The maximum absolute atomic E-state index is 12.4. The Morgan fingerprint density at radius 2 is 1.97 bits per heavy atom. The summed E-state index contributed by atoms with van der Waals surface area (Å²) in [5.74, 6) is 0.430. The van der Waals surface area contributed by atoms with E-state index in [0.717, 1.165) is 35.4 Å². The molecule has 148 valence electrons. The van der Waals surface area contributed by atoms with Crippen LogP contribution in [-0.2, 0) is 17.9 Å². The van der Waals surface area contributed by atoms with Crippen LogP contribution in [0.5, 0.6) is 5.75 Å². The summed E-state index contributed by atoms with van der Waals surface area (Å²) in [6.07, 6.45) is 2.78. The molecule has 0 aliphatic carbocycles. The van der Waals surface area contributed by atoms with E-state index in [1.165, 1.54) is 11.3 Å². The fraction of sp³-hybridized carbons (Fsp3) is 0.227. The standard InChI is InChI=1S/C22H21N3O3S/c26-20(24-14-17-5-2-1-3-6-17)15-28-18-9-7-16(8-10-18)13-19-21(27)25-12-4-11-23-22(25)29-19/h1-3,5-10,13H,4,11-12,14-15H2,(H,24,26)/b19-13+. The molecular formula is C22H21N3O3S. The van der Waals surface area contributed by atoms with Gasteiger partial charge in [-0.1, -0.05) is 53.8 Å². The van der Waals surface area contributed by atoms with Crippen LogP contribution >= 0.6 is 11.3 Å². The molecule has 0 unspecified atom stereocenters. The average molecular weight is 407 g/mol. The lowest BCUT2D eigenvalue weighted by Crippen LogP contribution is -2.33. The Hall–Kier alpha value is -3.19. The van der Waals surface area contributed by atoms with Gasteiger partial charge in [0.25, 0.3) is 11.5 Å². The van der Waals surface area contributed by atoms with Crippen molar-refractivity contribution in [3.63, 3.8) is 0 Å². The van der Waals surface area contributed by atoms with Gasteiger partial charge in [0.05, 0.1) is 4.53 Å². The molecule has 2 aromatic carbocycles. The minimum atomic E-state index is -0.176. The largest absolute Gasteiger partial charge is 0.484 e. The van der Waals surface area contributed by atoms with Gasteiger partial charge < -0.3 is 10.1 Å². The highest BCUT2D eigenvalue weighted by Crippen LogP contribution is 2.12. The third-order valence-corrected chi connectivity index (χ3v) is 5.60. The molecule has 0 saturated heterocycles. The Morgan fingerprint density at radius 1 is 1.17 bits per heavy atom. The number of carbonyl (C=O) groups is 1. The summed E-state index contributed by atoms with van der Waals surface area (Å²) in [4.78, 5) is 29.6. The first-order chi connectivity index (χ1) is 14.2. The third kappa shape index (κ3) is 4.81. The SMILES string of the molecule is O=C(COc1ccc(/C=c2/sc3n(c2=O)CCCN=3)cc1)NCc1ccccc1. The molecule has 3 aromatic rings. The maximum atomic E-state index is 12.4. The van der Waals surface area contributed by atoms with Crippen molar-refractivity contribution in [3.8, 4) is 5.75 Å². The van der Waals surface area contributed by atoms with E-state index in [4.69, 9.17) is 4.74 Å². The van der Waals surface area contributed by atoms with E-state index in [0.29, 0.717) is 16.8 Å². The first-order valence-corrected chi connectivity index (χ1v) is 10.3. The van der Waals surface area contributed by atoms with E-state index in [1.54, 1.807) is 16.7 Å². The molecule has 2 heterocycles. The predicted molar refractivity (Wildman–Crippen MR) is 113 cm³/mol. The number of rotatable bonds is 6. The molecule has 0 saturated carbocycles. The van der Waals surface area contributed by atoms with E-state index in [9.17, 15) is 9.59 Å². The molecule has 6 nitrogen and oxygen atoms in total. The zero-order chi connectivity index (χ0) is 20.1. The average Bonchev–Trinajstić information content (AvgIpc) is 3.08. The number of carbonyl (C=O) groups excluding carboxylic acids is 1. The summed E-state index contributed by atoms with van der Waals surface area (Å²) >= 11 is 1.42. The highest BCUT2D eigenvalue weighted by Gasteiger charge is 2.08. The maximum Gasteiger partial charge on any atom is 0.270 e. The minimum Gasteiger partial charge on any atom is -0.484 e. The van der Waals surface area contributed by atoms with E-state index in [2.05, 4.69) is 10.3 Å². The lowest BCUT2D eigenvalue weighted by molar-refractivity contribution is -0.123. The Labute approximate surface area is 171 Å². The van der Waals surface area contributed by atoms with Crippen LogP contribution in [0.4, 0.5) is 0 Å². The highest BCUT2D eigenvalue weighted by atomic mass is 32.1. The number of ether oxygens (including phenoxy) is 1. The van der Waals surface area contributed by atoms with Gasteiger partial charge in [0, 0.05) is 19.6 Å². The quantitative estimate of drug-likeness (QED) is 0.672. The Bertz CT molecular complexity index is 1160. The van der Waals surface area contributed by atoms with Crippen LogP contribution in [0.2, 0.25) is 0 Å². The second-order valence-corrected chi connectivity index (χ2v) is 7.71. The predicted octanol–water partition coefficient (Wildman–Crippen LogP) is 1.46. The lowest BCUT2D eigenvalue weighted by Gasteiger charge is -2.08. The lowest BCUT2D eigenvalue weighted by atomic mass is 10.2. The van der Waals surface area contributed by atoms with E-state index < -0.39 is 0 Å². The van der Waals surface area contributed by atoms with Crippen molar-refractivity contribution in [3.05, 3.63) is 85.4 Å². The van der Waals surface area contributed by atoms with Gasteiger partial charge in [0.15, 0.2) is 11.4 Å². The summed E-state index contributed by atoms with van der Waals surface area (Å²) in [5, 5.41) is 2.83. The molecular weight excluding hydrogens is 386 g/mol. The van der Waals surface area contributed by atoms with Crippen LogP contribution in [-0.4, -0.2) is 23.6 Å². The molecule has 0 spiro atoms. The zero-order valence-electron chi connectivity index (χ0n) is 15.8. The van der Waals surface area contributed by atoms with E-state index in [-0.39, 0.29) is 18.1 Å². The number of hydrogen-bond donors (Lipinski definition) is 1. The van der Waals surface area contributed by atoms with Crippen molar-refractivity contribution in [2.24, 2.45) is 4.99 Å². The van der Waals surface area contributed by atoms with Crippen LogP contribution in [0.3, 0.4) is 0 Å². The van der Waals surface area contributed by atoms with Gasteiger partial charge in [-0.25, -0.2) is 0 Å². The summed E-state index contributed by atoms with van der Waals surface area (Å²) in [7, 11) is 0. The van der Waals surface area contributed by atoms with Crippen LogP contribution < -0.4 is 24.9 Å². The second-order valence-electron chi connectivity index (χ2n) is 6.71. The van der Waals surface area contributed by atoms with Gasteiger partial charge in [-0.2, -0.15) is 0 Å². The summed E-state index contributed by atoms with van der Waals surface area (Å²) in [6, 6.07) is 17.1.